The molecule has 188 valence electrons. The van der Waals surface area contributed by atoms with Crippen molar-refractivity contribution in [3.63, 3.8) is 0 Å². The predicted molar refractivity (Wildman–Crippen MR) is 152 cm³/mol. The van der Waals surface area contributed by atoms with Crippen LogP contribution in [-0.4, -0.2) is 56.9 Å². The maximum Gasteiger partial charge on any atom is 0.325 e. The van der Waals surface area contributed by atoms with Gasteiger partial charge in [0.05, 0.1) is 18.7 Å². The third-order valence-electron chi connectivity index (χ3n) is 5.81. The van der Waals surface area contributed by atoms with Crippen molar-refractivity contribution in [1.29, 1.82) is 0 Å². The molecular formula is C24H30N3O3S5+. The summed E-state index contributed by atoms with van der Waals surface area (Å²) in [5.41, 5.74) is 2.26. The van der Waals surface area contributed by atoms with Crippen LogP contribution in [0.3, 0.4) is 0 Å². The Morgan fingerprint density at radius 3 is 2.63 bits per heavy atom. The number of rotatable bonds is 7. The Morgan fingerprint density at radius 1 is 1.23 bits per heavy atom. The molecule has 0 saturated carbocycles. The van der Waals surface area contributed by atoms with Crippen LogP contribution in [0, 0.1) is 5.92 Å². The summed E-state index contributed by atoms with van der Waals surface area (Å²) in [7, 11) is 1.69. The summed E-state index contributed by atoms with van der Waals surface area (Å²) >= 11 is 11.6. The van der Waals surface area contributed by atoms with Crippen molar-refractivity contribution < 1.29 is 17.8 Å². The number of unbranched alkanes of at least 4 members (excludes halogenated alkanes) is 3. The number of hydrogen-bond donors (Lipinski definition) is 0. The number of thioether (sulfide) groups is 3. The summed E-state index contributed by atoms with van der Waals surface area (Å²) in [4.78, 5) is 29.6. The molecule has 0 unspecified atom stereocenters. The fourth-order valence-corrected chi connectivity index (χ4v) is 8.67. The standard InChI is InChI=1S/C24H30N3O3S5/c1-4-5-6-7-10-26-19-9-8-18(30-24(29)17-14-32-12-16(2)13-33-15-17)11-20(19)34-23(26)21-22(28)25(3)27(31)35-21/h8-9,11,17H,2,4-7,10,12-15H2,1,3H3/q+1. The molecule has 3 aliphatic rings. The van der Waals surface area contributed by atoms with Gasteiger partial charge in [-0.2, -0.15) is 23.5 Å². The van der Waals surface area contributed by atoms with Crippen molar-refractivity contribution in [2.24, 2.45) is 5.92 Å². The molecule has 3 aliphatic heterocycles. The normalized spacial score (nSPS) is 21.4. The molecule has 6 nitrogen and oxygen atoms in total. The minimum atomic E-state index is -0.180. The van der Waals surface area contributed by atoms with Crippen molar-refractivity contribution >= 4 is 77.2 Å². The van der Waals surface area contributed by atoms with Crippen molar-refractivity contribution in [3.05, 3.63) is 40.3 Å². The van der Waals surface area contributed by atoms with E-state index < -0.39 is 0 Å². The largest absolute Gasteiger partial charge is 0.426 e. The Hall–Kier alpha value is -1.14. The molecule has 35 heavy (non-hydrogen) atoms. The Bertz CT molecular complexity index is 1050. The van der Waals surface area contributed by atoms with Crippen molar-refractivity contribution in [2.45, 2.75) is 37.5 Å². The molecule has 0 spiro atoms. The van der Waals surface area contributed by atoms with Gasteiger partial charge in [0, 0.05) is 37.9 Å². The van der Waals surface area contributed by atoms with Crippen molar-refractivity contribution in [3.8, 4) is 5.75 Å². The highest BCUT2D eigenvalue weighted by Gasteiger charge is 2.44. The quantitative estimate of drug-likeness (QED) is 0.0786. The predicted octanol–water partition coefficient (Wildman–Crippen LogP) is 5.68. The molecule has 1 aromatic rings. The van der Waals surface area contributed by atoms with Crippen LogP contribution >= 0.6 is 47.2 Å². The zero-order chi connectivity index (χ0) is 24.9. The molecule has 3 heterocycles. The first-order valence-corrected chi connectivity index (χ1v) is 16.0. The SMILES string of the molecule is C=C1CSCC(C(=O)Oc2ccc3c(c2)SC(=C2S[N+](=S)N(C)C2=O)N3CCCCCC)CSC1. The molecule has 0 bridgehead atoms. The van der Waals surface area contributed by atoms with Gasteiger partial charge in [0.1, 0.15) is 10.8 Å². The van der Waals surface area contributed by atoms with Gasteiger partial charge in [-0.15, -0.1) is 0 Å². The van der Waals surface area contributed by atoms with E-state index in [-0.39, 0.29) is 17.8 Å². The molecule has 4 rings (SSSR count). The number of hydrogen-bond acceptors (Lipinski definition) is 9. The Balaban J connectivity index is 1.52. The third kappa shape index (κ3) is 6.41. The van der Waals surface area contributed by atoms with Crippen LogP contribution in [0.1, 0.15) is 32.6 Å². The van der Waals surface area contributed by atoms with E-state index in [1.807, 2.05) is 18.2 Å². The molecule has 2 fully saturated rings. The van der Waals surface area contributed by atoms with Gasteiger partial charge in [-0.3, -0.25) is 9.59 Å². The molecule has 1 amide bonds. The zero-order valence-corrected chi connectivity index (χ0v) is 24.1. The summed E-state index contributed by atoms with van der Waals surface area (Å²) in [6.07, 6.45) is 4.54. The Labute approximate surface area is 229 Å². The number of ether oxygens (including phenoxy) is 1. The van der Waals surface area contributed by atoms with E-state index in [1.54, 1.807) is 42.3 Å². The fourth-order valence-electron chi connectivity index (χ4n) is 3.87. The Morgan fingerprint density at radius 2 is 1.97 bits per heavy atom. The number of fused-ring (bicyclic) bond motifs is 1. The van der Waals surface area contributed by atoms with E-state index in [2.05, 4.69) is 18.4 Å². The maximum absolute atomic E-state index is 12.9. The first kappa shape index (κ1) is 26.9. The number of esters is 1. The summed E-state index contributed by atoms with van der Waals surface area (Å²) in [6.45, 7) is 7.09. The van der Waals surface area contributed by atoms with Crippen molar-refractivity contribution in [1.82, 2.24) is 5.01 Å². The number of anilines is 1. The Kier molecular flexibility index (Phi) is 9.54. The van der Waals surface area contributed by atoms with Gasteiger partial charge in [0.15, 0.2) is 4.91 Å². The number of amides is 1. The lowest BCUT2D eigenvalue weighted by Gasteiger charge is -2.21. The van der Waals surface area contributed by atoms with Crippen molar-refractivity contribution in [2.75, 3.05) is 41.5 Å². The van der Waals surface area contributed by atoms with Crippen LogP contribution in [0.4, 0.5) is 5.69 Å². The number of nitrogens with zero attached hydrogens (tertiary/aromatic N) is 3. The molecule has 11 heteroatoms. The van der Waals surface area contributed by atoms with Crippen LogP contribution < -0.4 is 9.64 Å². The van der Waals surface area contributed by atoms with E-state index in [9.17, 15) is 9.59 Å². The van der Waals surface area contributed by atoms with E-state index in [0.717, 1.165) is 58.0 Å². The number of benzene rings is 1. The van der Waals surface area contributed by atoms with E-state index in [1.165, 1.54) is 38.8 Å². The summed E-state index contributed by atoms with van der Waals surface area (Å²) in [5.74, 6) is 3.43. The lowest BCUT2D eigenvalue weighted by Crippen LogP contribution is -2.26. The van der Waals surface area contributed by atoms with E-state index in [0.29, 0.717) is 10.7 Å². The topological polar surface area (TPSA) is 52.9 Å². The van der Waals surface area contributed by atoms with Crippen LogP contribution in [0.15, 0.2) is 45.2 Å². The molecule has 0 radical (unpaired) electrons. The average molecular weight is 569 g/mol. The monoisotopic (exact) mass is 568 g/mol. The van der Waals surface area contributed by atoms with Gasteiger partial charge in [-0.1, -0.05) is 55.1 Å². The van der Waals surface area contributed by atoms with E-state index >= 15 is 0 Å². The van der Waals surface area contributed by atoms with Crippen LogP contribution in [-0.2, 0) is 22.0 Å². The minimum Gasteiger partial charge on any atom is -0.426 e. The van der Waals surface area contributed by atoms with E-state index in [4.69, 9.17) is 17.2 Å². The number of carbonyl (C=O) groups excluding carboxylic acids is 2. The zero-order valence-electron chi connectivity index (χ0n) is 20.0. The van der Waals surface area contributed by atoms with Gasteiger partial charge in [0.2, 0.25) is 0 Å². The van der Waals surface area contributed by atoms with Crippen LogP contribution in [0.5, 0.6) is 5.75 Å². The molecule has 2 saturated heterocycles. The smallest absolute Gasteiger partial charge is 0.325 e. The van der Waals surface area contributed by atoms with Gasteiger partial charge >= 0.3 is 24.3 Å². The molecule has 1 aromatic carbocycles. The second-order valence-electron chi connectivity index (χ2n) is 8.63. The first-order chi connectivity index (χ1) is 16.9. The first-order valence-electron chi connectivity index (χ1n) is 11.7. The number of likely N-dealkylation sites (N-methyl/N-ethyl adjacent to an activating group) is 1. The number of hydrazine groups is 1. The minimum absolute atomic E-state index is 0.0903. The molecule has 0 N–H and O–H groups in total. The highest BCUT2D eigenvalue weighted by atomic mass is 32.2. The van der Waals surface area contributed by atoms with Gasteiger partial charge < -0.3 is 9.64 Å². The number of carbonyl (C=O) groups is 2. The second-order valence-corrected chi connectivity index (χ2v) is 13.2. The summed E-state index contributed by atoms with van der Waals surface area (Å²) < 4.78 is 7.27. The van der Waals surface area contributed by atoms with Gasteiger partial charge in [-0.05, 0) is 24.6 Å². The molecule has 0 atom stereocenters. The highest BCUT2D eigenvalue weighted by Crippen LogP contribution is 2.51. The molecular weight excluding hydrogens is 539 g/mol. The lowest BCUT2D eigenvalue weighted by atomic mass is 10.2. The highest BCUT2D eigenvalue weighted by molar-refractivity contribution is 8.06. The average Bonchev–Trinajstić information content (AvgIpc) is 3.30. The second kappa shape index (κ2) is 12.4. The molecule has 0 aromatic heterocycles. The third-order valence-corrected chi connectivity index (χ3v) is 11.0. The molecule has 0 aliphatic carbocycles. The van der Waals surface area contributed by atoms with Crippen LogP contribution in [0.25, 0.3) is 0 Å². The van der Waals surface area contributed by atoms with Crippen LogP contribution in [0.2, 0.25) is 0 Å². The fraction of sp³-hybridized carbons (Fsp3) is 0.500. The van der Waals surface area contributed by atoms with Gasteiger partial charge in [-0.25, -0.2) is 0 Å². The maximum atomic E-state index is 12.9. The lowest BCUT2D eigenvalue weighted by molar-refractivity contribution is -0.485. The summed E-state index contributed by atoms with van der Waals surface area (Å²) in [6, 6.07) is 5.79. The van der Waals surface area contributed by atoms with Gasteiger partial charge in [0.25, 0.3) is 11.9 Å². The summed E-state index contributed by atoms with van der Waals surface area (Å²) in [5, 5.41) is 2.36.